The zero-order valence-electron chi connectivity index (χ0n) is 11.9. The van der Waals surface area contributed by atoms with Gasteiger partial charge in [0, 0.05) is 18.1 Å². The fourth-order valence-electron chi connectivity index (χ4n) is 2.27. The Morgan fingerprint density at radius 1 is 0.950 bits per heavy atom. The van der Waals surface area contributed by atoms with Crippen LogP contribution in [0.15, 0.2) is 30.3 Å². The largest absolute Gasteiger partial charge is 0.388 e. The Bertz CT molecular complexity index is 635. The van der Waals surface area contributed by atoms with Crippen molar-refractivity contribution in [1.82, 2.24) is 0 Å². The third-order valence-corrected chi connectivity index (χ3v) is 3.55. The molecule has 0 aliphatic heterocycles. The van der Waals surface area contributed by atoms with Crippen molar-refractivity contribution in [2.45, 2.75) is 33.3 Å². The molecule has 1 atom stereocenters. The van der Waals surface area contributed by atoms with Gasteiger partial charge in [-0.2, -0.15) is 0 Å². The molecule has 20 heavy (non-hydrogen) atoms. The Labute approximate surface area is 117 Å². The number of aliphatic hydroxyl groups excluding tert-OH is 1. The van der Waals surface area contributed by atoms with Crippen molar-refractivity contribution in [2.24, 2.45) is 0 Å². The lowest BCUT2D eigenvalue weighted by molar-refractivity contribution is 0.173. The average molecular weight is 276 g/mol. The molecule has 0 saturated heterocycles. The number of rotatable bonds is 3. The minimum atomic E-state index is -0.977. The van der Waals surface area contributed by atoms with Gasteiger partial charge in [-0.1, -0.05) is 23.8 Å². The van der Waals surface area contributed by atoms with Crippen LogP contribution in [0.2, 0.25) is 0 Å². The van der Waals surface area contributed by atoms with Crippen LogP contribution in [0.5, 0.6) is 0 Å². The molecule has 1 nitrogen and oxygen atoms in total. The van der Waals surface area contributed by atoms with E-state index in [-0.39, 0.29) is 5.56 Å². The monoisotopic (exact) mass is 276 g/mol. The third kappa shape index (κ3) is 3.05. The average Bonchev–Trinajstić information content (AvgIpc) is 2.38. The molecule has 0 heterocycles. The predicted molar refractivity (Wildman–Crippen MR) is 75.7 cm³/mol. The standard InChI is InChI=1S/C17H18F2O/c1-10-4-5-11(2)13(6-10)8-17(20)14-7-12(3)15(18)9-16(14)19/h4-7,9,17,20H,8H2,1-3H3. The topological polar surface area (TPSA) is 20.2 Å². The van der Waals surface area contributed by atoms with E-state index in [9.17, 15) is 13.9 Å². The summed E-state index contributed by atoms with van der Waals surface area (Å²) in [6.45, 7) is 5.48. The summed E-state index contributed by atoms with van der Waals surface area (Å²) < 4.78 is 27.0. The van der Waals surface area contributed by atoms with Gasteiger partial charge in [0.05, 0.1) is 6.10 Å². The van der Waals surface area contributed by atoms with Gasteiger partial charge < -0.3 is 5.11 Å². The molecule has 0 bridgehead atoms. The molecule has 0 saturated carbocycles. The van der Waals surface area contributed by atoms with Crippen LogP contribution in [0.1, 0.15) is 33.9 Å². The van der Waals surface area contributed by atoms with Crippen LogP contribution in [0.4, 0.5) is 8.78 Å². The van der Waals surface area contributed by atoms with E-state index in [4.69, 9.17) is 0 Å². The van der Waals surface area contributed by atoms with Crippen molar-refractivity contribution in [3.63, 3.8) is 0 Å². The number of benzene rings is 2. The SMILES string of the molecule is Cc1ccc(C)c(CC(O)c2cc(C)c(F)cc2F)c1. The first-order valence-electron chi connectivity index (χ1n) is 6.58. The highest BCUT2D eigenvalue weighted by Gasteiger charge is 2.16. The summed E-state index contributed by atoms with van der Waals surface area (Å²) in [6, 6.07) is 8.15. The maximum atomic E-state index is 13.8. The first-order chi connectivity index (χ1) is 9.38. The summed E-state index contributed by atoms with van der Waals surface area (Å²) in [4.78, 5) is 0. The van der Waals surface area contributed by atoms with Gasteiger partial charge in [-0.05, 0) is 43.5 Å². The van der Waals surface area contributed by atoms with E-state index >= 15 is 0 Å². The lowest BCUT2D eigenvalue weighted by Crippen LogP contribution is -2.07. The zero-order valence-corrected chi connectivity index (χ0v) is 11.9. The molecular weight excluding hydrogens is 258 g/mol. The highest BCUT2D eigenvalue weighted by molar-refractivity contribution is 5.33. The van der Waals surface area contributed by atoms with Crippen LogP contribution in [0.25, 0.3) is 0 Å². The lowest BCUT2D eigenvalue weighted by Gasteiger charge is -2.15. The van der Waals surface area contributed by atoms with Gasteiger partial charge in [0.2, 0.25) is 0 Å². The van der Waals surface area contributed by atoms with Gasteiger partial charge in [-0.3, -0.25) is 0 Å². The Morgan fingerprint density at radius 3 is 2.35 bits per heavy atom. The molecule has 106 valence electrons. The van der Waals surface area contributed by atoms with E-state index in [0.29, 0.717) is 12.0 Å². The van der Waals surface area contributed by atoms with E-state index < -0.39 is 17.7 Å². The number of hydrogen-bond donors (Lipinski definition) is 1. The quantitative estimate of drug-likeness (QED) is 0.892. The molecule has 0 aromatic heterocycles. The Morgan fingerprint density at radius 2 is 1.65 bits per heavy atom. The first kappa shape index (κ1) is 14.7. The molecule has 0 fully saturated rings. The molecule has 2 aromatic carbocycles. The fraction of sp³-hybridized carbons (Fsp3) is 0.294. The third-order valence-electron chi connectivity index (χ3n) is 3.55. The van der Waals surface area contributed by atoms with Gasteiger partial charge in [-0.25, -0.2) is 8.78 Å². The van der Waals surface area contributed by atoms with E-state index in [0.717, 1.165) is 22.8 Å². The maximum absolute atomic E-state index is 13.8. The molecule has 0 radical (unpaired) electrons. The number of aryl methyl sites for hydroxylation is 3. The van der Waals surface area contributed by atoms with Crippen LogP contribution >= 0.6 is 0 Å². The van der Waals surface area contributed by atoms with Crippen LogP contribution in [0, 0.1) is 32.4 Å². The van der Waals surface area contributed by atoms with Crippen LogP contribution in [0.3, 0.4) is 0 Å². The van der Waals surface area contributed by atoms with Gasteiger partial charge >= 0.3 is 0 Å². The zero-order chi connectivity index (χ0) is 14.9. The van der Waals surface area contributed by atoms with Crippen LogP contribution in [-0.2, 0) is 6.42 Å². The van der Waals surface area contributed by atoms with E-state index in [2.05, 4.69) is 0 Å². The van der Waals surface area contributed by atoms with Crippen molar-refractivity contribution >= 4 is 0 Å². The van der Waals surface area contributed by atoms with Gasteiger partial charge in [-0.15, -0.1) is 0 Å². The normalized spacial score (nSPS) is 12.5. The highest BCUT2D eigenvalue weighted by atomic mass is 19.1. The summed E-state index contributed by atoms with van der Waals surface area (Å²) >= 11 is 0. The summed E-state index contributed by atoms with van der Waals surface area (Å²) in [7, 11) is 0. The highest BCUT2D eigenvalue weighted by Crippen LogP contribution is 2.25. The summed E-state index contributed by atoms with van der Waals surface area (Å²) in [5.41, 5.74) is 3.59. The molecule has 0 aliphatic carbocycles. The fourth-order valence-corrected chi connectivity index (χ4v) is 2.27. The molecule has 0 amide bonds. The molecule has 0 spiro atoms. The molecule has 3 heteroatoms. The van der Waals surface area contributed by atoms with Gasteiger partial charge in [0.1, 0.15) is 11.6 Å². The number of hydrogen-bond acceptors (Lipinski definition) is 1. The van der Waals surface area contributed by atoms with Gasteiger partial charge in [0.15, 0.2) is 0 Å². The first-order valence-corrected chi connectivity index (χ1v) is 6.58. The number of halogens is 2. The molecule has 2 rings (SSSR count). The molecule has 1 N–H and O–H groups in total. The number of aliphatic hydroxyl groups is 1. The lowest BCUT2D eigenvalue weighted by atomic mass is 9.95. The predicted octanol–water partition coefficient (Wildman–Crippen LogP) is 4.17. The Kier molecular flexibility index (Phi) is 4.19. The molecule has 0 aliphatic rings. The second kappa shape index (κ2) is 5.71. The van der Waals surface area contributed by atoms with Crippen molar-refractivity contribution in [3.8, 4) is 0 Å². The second-order valence-electron chi connectivity index (χ2n) is 5.27. The Hall–Kier alpha value is -1.74. The summed E-state index contributed by atoms with van der Waals surface area (Å²) in [6.07, 6.45) is -0.662. The molecule has 1 unspecified atom stereocenters. The summed E-state index contributed by atoms with van der Waals surface area (Å²) in [5, 5.41) is 10.2. The molecule has 2 aromatic rings. The van der Waals surface area contributed by atoms with Crippen molar-refractivity contribution in [2.75, 3.05) is 0 Å². The summed E-state index contributed by atoms with van der Waals surface area (Å²) in [5.74, 6) is -1.30. The van der Waals surface area contributed by atoms with Gasteiger partial charge in [0.25, 0.3) is 0 Å². The maximum Gasteiger partial charge on any atom is 0.131 e. The van der Waals surface area contributed by atoms with E-state index in [1.54, 1.807) is 6.92 Å². The molecular formula is C17H18F2O. The van der Waals surface area contributed by atoms with Crippen molar-refractivity contribution in [1.29, 1.82) is 0 Å². The smallest absolute Gasteiger partial charge is 0.131 e. The van der Waals surface area contributed by atoms with Crippen LogP contribution in [-0.4, -0.2) is 5.11 Å². The minimum absolute atomic E-state index is 0.143. The van der Waals surface area contributed by atoms with Crippen molar-refractivity contribution < 1.29 is 13.9 Å². The Balaban J connectivity index is 2.30. The minimum Gasteiger partial charge on any atom is -0.388 e. The second-order valence-corrected chi connectivity index (χ2v) is 5.27. The van der Waals surface area contributed by atoms with E-state index in [1.807, 2.05) is 32.0 Å². The van der Waals surface area contributed by atoms with E-state index in [1.165, 1.54) is 6.07 Å². The van der Waals surface area contributed by atoms with Crippen molar-refractivity contribution in [3.05, 3.63) is 69.8 Å². The van der Waals surface area contributed by atoms with Crippen LogP contribution < -0.4 is 0 Å².